The van der Waals surface area contributed by atoms with Gasteiger partial charge < -0.3 is 5.11 Å². The van der Waals surface area contributed by atoms with Crippen LogP contribution in [0.2, 0.25) is 0 Å². The van der Waals surface area contributed by atoms with E-state index in [0.29, 0.717) is 12.8 Å². The van der Waals surface area contributed by atoms with E-state index in [4.69, 9.17) is 0 Å². The quantitative estimate of drug-likeness (QED) is 0.702. The molecule has 0 aliphatic heterocycles. The van der Waals surface area contributed by atoms with E-state index >= 15 is 0 Å². The van der Waals surface area contributed by atoms with E-state index in [1.54, 1.807) is 13.8 Å². The third-order valence-corrected chi connectivity index (χ3v) is 4.33. The predicted molar refractivity (Wildman–Crippen MR) is 57.6 cm³/mol. The molecule has 0 aromatic carbocycles. The summed E-state index contributed by atoms with van der Waals surface area (Å²) >= 11 is 0. The maximum atomic E-state index is 11.4. The molecule has 0 unspecified atom stereocenters. The van der Waals surface area contributed by atoms with Crippen molar-refractivity contribution in [1.82, 2.24) is 4.72 Å². The molecule has 0 rings (SSSR count). The molecule has 0 aromatic heterocycles. The Balaban J connectivity index is 4.31. The van der Waals surface area contributed by atoms with Gasteiger partial charge in [0.15, 0.2) is 0 Å². The molecule has 0 amide bonds. The lowest BCUT2D eigenvalue weighted by Gasteiger charge is -2.25. The van der Waals surface area contributed by atoms with Gasteiger partial charge in [0.25, 0.3) is 0 Å². The Bertz CT molecular complexity index is 255. The average Bonchev–Trinajstić information content (AvgIpc) is 2.14. The fourth-order valence-electron chi connectivity index (χ4n) is 0.902. The number of aliphatic hydroxyl groups is 1. The summed E-state index contributed by atoms with van der Waals surface area (Å²) in [4.78, 5) is 0. The lowest BCUT2D eigenvalue weighted by molar-refractivity contribution is 0.0377. The first-order valence-electron chi connectivity index (χ1n) is 4.98. The zero-order valence-corrected chi connectivity index (χ0v) is 10.2. The Morgan fingerprint density at radius 1 is 1.29 bits per heavy atom. The van der Waals surface area contributed by atoms with Crippen LogP contribution in [0.25, 0.3) is 0 Å². The van der Waals surface area contributed by atoms with Gasteiger partial charge in [-0.2, -0.15) is 0 Å². The second kappa shape index (κ2) is 5.09. The average molecular weight is 223 g/mol. The van der Waals surface area contributed by atoms with Gasteiger partial charge in [-0.05, 0) is 26.7 Å². The summed E-state index contributed by atoms with van der Waals surface area (Å²) < 4.78 is 25.2. The highest BCUT2D eigenvalue weighted by atomic mass is 32.2. The maximum Gasteiger partial charge on any atom is 0.214 e. The van der Waals surface area contributed by atoms with E-state index in [1.165, 1.54) is 0 Å². The van der Waals surface area contributed by atoms with Gasteiger partial charge in [0.05, 0.1) is 10.9 Å². The van der Waals surface area contributed by atoms with Crippen LogP contribution in [0.15, 0.2) is 0 Å². The molecule has 0 radical (unpaired) electrons. The van der Waals surface area contributed by atoms with Gasteiger partial charge in [0, 0.05) is 6.54 Å². The van der Waals surface area contributed by atoms with Crippen molar-refractivity contribution in [3.8, 4) is 0 Å². The van der Waals surface area contributed by atoms with Crippen LogP contribution in [0.3, 0.4) is 0 Å². The molecule has 5 heteroatoms. The molecule has 0 spiro atoms. The predicted octanol–water partition coefficient (Wildman–Crippen LogP) is 0.865. The molecule has 0 atom stereocenters. The lowest BCUT2D eigenvalue weighted by atomic mass is 9.98. The van der Waals surface area contributed by atoms with E-state index in [1.807, 2.05) is 13.8 Å². The molecule has 0 heterocycles. The van der Waals surface area contributed by atoms with E-state index < -0.39 is 20.9 Å². The van der Waals surface area contributed by atoms with Crippen molar-refractivity contribution in [2.75, 3.05) is 6.54 Å². The molecular formula is C9H21NO3S. The second-order valence-corrected chi connectivity index (χ2v) is 6.17. The van der Waals surface area contributed by atoms with Gasteiger partial charge in [0.1, 0.15) is 0 Å². The number of nitrogens with one attached hydrogen (secondary N) is 1. The lowest BCUT2D eigenvalue weighted by Crippen LogP contribution is -2.44. The molecule has 0 saturated heterocycles. The van der Waals surface area contributed by atoms with Crippen molar-refractivity contribution < 1.29 is 13.5 Å². The highest BCUT2D eigenvalue weighted by Crippen LogP contribution is 2.13. The van der Waals surface area contributed by atoms with Crippen molar-refractivity contribution >= 4 is 10.0 Å². The molecule has 4 nitrogen and oxygen atoms in total. The molecule has 0 aromatic rings. The van der Waals surface area contributed by atoms with Gasteiger partial charge in [-0.1, -0.05) is 13.8 Å². The van der Waals surface area contributed by atoms with Crippen LogP contribution in [0.5, 0.6) is 0 Å². The van der Waals surface area contributed by atoms with Gasteiger partial charge in [-0.25, -0.2) is 13.1 Å². The van der Waals surface area contributed by atoms with Crippen LogP contribution in [-0.4, -0.2) is 30.9 Å². The summed E-state index contributed by atoms with van der Waals surface area (Å²) in [7, 11) is -3.26. The third-order valence-electron chi connectivity index (χ3n) is 2.54. The van der Waals surface area contributed by atoms with Crippen LogP contribution in [0.1, 0.15) is 40.5 Å². The smallest absolute Gasteiger partial charge is 0.214 e. The second-order valence-electron chi connectivity index (χ2n) is 3.85. The minimum atomic E-state index is -3.26. The maximum absolute atomic E-state index is 11.4. The summed E-state index contributed by atoms with van der Waals surface area (Å²) in [5.41, 5.74) is -0.915. The number of sulfonamides is 1. The minimum absolute atomic E-state index is 0.0977. The third kappa shape index (κ3) is 3.94. The minimum Gasteiger partial charge on any atom is -0.389 e. The van der Waals surface area contributed by atoms with Crippen molar-refractivity contribution in [2.24, 2.45) is 0 Å². The zero-order valence-electron chi connectivity index (χ0n) is 9.37. The number of hydrogen-bond acceptors (Lipinski definition) is 3. The molecule has 0 aliphatic rings. The molecule has 0 fully saturated rings. The fraction of sp³-hybridized carbons (Fsp3) is 1.00. The van der Waals surface area contributed by atoms with Crippen LogP contribution in [0, 0.1) is 0 Å². The molecular weight excluding hydrogens is 202 g/mol. The fourth-order valence-corrected chi connectivity index (χ4v) is 1.70. The Morgan fingerprint density at radius 2 is 1.71 bits per heavy atom. The summed E-state index contributed by atoms with van der Waals surface area (Å²) in [5.74, 6) is 0. The standard InChI is InChI=1S/C9H21NO3S/c1-5-9(11,6-2)7-10-14(12,13)8(3)4/h8,10-11H,5-7H2,1-4H3. The van der Waals surface area contributed by atoms with Crippen LogP contribution >= 0.6 is 0 Å². The summed E-state index contributed by atoms with van der Waals surface area (Å²) in [6, 6.07) is 0. The molecule has 0 saturated carbocycles. The van der Waals surface area contributed by atoms with Crippen molar-refractivity contribution in [1.29, 1.82) is 0 Å². The van der Waals surface area contributed by atoms with Gasteiger partial charge in [-0.3, -0.25) is 0 Å². The first-order valence-corrected chi connectivity index (χ1v) is 6.53. The summed E-state index contributed by atoms with van der Waals surface area (Å²) in [6.45, 7) is 7.00. The Kier molecular flexibility index (Phi) is 5.05. The SMILES string of the molecule is CCC(O)(CC)CNS(=O)(=O)C(C)C. The molecule has 0 aliphatic carbocycles. The summed E-state index contributed by atoms with van der Waals surface area (Å²) in [6.07, 6.45) is 1.09. The van der Waals surface area contributed by atoms with E-state index in [9.17, 15) is 13.5 Å². The monoisotopic (exact) mass is 223 g/mol. The Morgan fingerprint density at radius 3 is 2.00 bits per heavy atom. The van der Waals surface area contributed by atoms with Gasteiger partial charge in [0.2, 0.25) is 10.0 Å². The number of rotatable bonds is 6. The van der Waals surface area contributed by atoms with Crippen molar-refractivity contribution in [3.63, 3.8) is 0 Å². The Labute approximate surface area is 86.8 Å². The molecule has 2 N–H and O–H groups in total. The van der Waals surface area contributed by atoms with Gasteiger partial charge >= 0.3 is 0 Å². The van der Waals surface area contributed by atoms with Crippen LogP contribution in [0.4, 0.5) is 0 Å². The van der Waals surface area contributed by atoms with Crippen molar-refractivity contribution in [2.45, 2.75) is 51.4 Å². The highest BCUT2D eigenvalue weighted by molar-refractivity contribution is 7.90. The normalized spacial score (nSPS) is 13.6. The largest absolute Gasteiger partial charge is 0.389 e. The van der Waals surface area contributed by atoms with Crippen LogP contribution in [-0.2, 0) is 10.0 Å². The molecule has 0 bridgehead atoms. The van der Waals surface area contributed by atoms with E-state index in [2.05, 4.69) is 4.72 Å². The topological polar surface area (TPSA) is 66.4 Å². The molecule has 86 valence electrons. The van der Waals surface area contributed by atoms with Crippen LogP contribution < -0.4 is 4.72 Å². The highest BCUT2D eigenvalue weighted by Gasteiger charge is 2.25. The summed E-state index contributed by atoms with van der Waals surface area (Å²) in [5, 5.41) is 9.39. The first kappa shape index (κ1) is 13.9. The zero-order chi connectivity index (χ0) is 11.4. The van der Waals surface area contributed by atoms with Crippen molar-refractivity contribution in [3.05, 3.63) is 0 Å². The van der Waals surface area contributed by atoms with Gasteiger partial charge in [-0.15, -0.1) is 0 Å². The first-order chi connectivity index (χ1) is 6.27. The number of hydrogen-bond donors (Lipinski definition) is 2. The Hall–Kier alpha value is -0.130. The molecule has 14 heavy (non-hydrogen) atoms. The van der Waals surface area contributed by atoms with E-state index in [0.717, 1.165) is 0 Å². The van der Waals surface area contributed by atoms with E-state index in [-0.39, 0.29) is 6.54 Å².